The Bertz CT molecular complexity index is 289. The quantitative estimate of drug-likeness (QED) is 0.655. The van der Waals surface area contributed by atoms with Gasteiger partial charge in [-0.3, -0.25) is 9.59 Å². The summed E-state index contributed by atoms with van der Waals surface area (Å²) in [6.07, 6.45) is 3.79. The zero-order valence-electron chi connectivity index (χ0n) is 10.7. The highest BCUT2D eigenvalue weighted by Gasteiger charge is 2.37. The van der Waals surface area contributed by atoms with E-state index in [-0.39, 0.29) is 24.3 Å². The summed E-state index contributed by atoms with van der Waals surface area (Å²) < 4.78 is 0. The molecule has 5 heteroatoms. The molecule has 2 unspecified atom stereocenters. The van der Waals surface area contributed by atoms with E-state index in [0.717, 1.165) is 25.7 Å². The van der Waals surface area contributed by atoms with Crippen LogP contribution in [-0.2, 0) is 9.59 Å². The zero-order chi connectivity index (χ0) is 12.9. The number of carbonyl (C=O) groups is 2. The fourth-order valence-electron chi connectivity index (χ4n) is 2.34. The average molecular weight is 241 g/mol. The number of carbonyl (C=O) groups excluding carboxylic acids is 2. The van der Waals surface area contributed by atoms with Gasteiger partial charge in [0, 0.05) is 12.1 Å². The molecule has 0 aromatic carbocycles. The second-order valence-electron chi connectivity index (χ2n) is 4.98. The van der Waals surface area contributed by atoms with Crippen molar-refractivity contribution in [3.05, 3.63) is 0 Å². The first-order valence-corrected chi connectivity index (χ1v) is 6.30. The summed E-state index contributed by atoms with van der Waals surface area (Å²) in [7, 11) is 0. The molecule has 0 aromatic heterocycles. The lowest BCUT2D eigenvalue weighted by atomic mass is 9.74. The van der Waals surface area contributed by atoms with Gasteiger partial charge in [-0.05, 0) is 26.7 Å². The van der Waals surface area contributed by atoms with Gasteiger partial charge in [0.05, 0.1) is 12.5 Å². The van der Waals surface area contributed by atoms with Gasteiger partial charge in [0.25, 0.3) is 0 Å². The Morgan fingerprint density at radius 1 is 1.35 bits per heavy atom. The molecular weight excluding hydrogens is 218 g/mol. The predicted molar refractivity (Wildman–Crippen MR) is 66.2 cm³/mol. The Balaban J connectivity index is 2.43. The molecule has 2 amide bonds. The van der Waals surface area contributed by atoms with Gasteiger partial charge in [-0.2, -0.15) is 0 Å². The Morgan fingerprint density at radius 2 is 2.06 bits per heavy atom. The minimum absolute atomic E-state index is 0.0409. The lowest BCUT2D eigenvalue weighted by Crippen LogP contribution is -2.53. The Hall–Kier alpha value is -1.10. The fraction of sp³-hybridized carbons (Fsp3) is 0.833. The molecule has 1 aliphatic carbocycles. The lowest BCUT2D eigenvalue weighted by molar-refractivity contribution is -0.130. The van der Waals surface area contributed by atoms with Crippen LogP contribution in [0.1, 0.15) is 39.5 Å². The van der Waals surface area contributed by atoms with Crippen LogP contribution in [-0.4, -0.2) is 30.4 Å². The maximum absolute atomic E-state index is 12.0. The van der Waals surface area contributed by atoms with E-state index in [9.17, 15) is 9.59 Å². The second-order valence-corrected chi connectivity index (χ2v) is 4.98. The van der Waals surface area contributed by atoms with E-state index < -0.39 is 5.54 Å². The Kier molecular flexibility index (Phi) is 4.93. The molecule has 0 bridgehead atoms. The molecule has 0 aliphatic heterocycles. The SMILES string of the molecule is CCNC(=O)CNC(=O)C1CCCCC1(C)N. The fourth-order valence-corrected chi connectivity index (χ4v) is 2.34. The minimum atomic E-state index is -0.441. The van der Waals surface area contributed by atoms with Crippen molar-refractivity contribution in [2.45, 2.75) is 45.1 Å². The first kappa shape index (κ1) is 14.0. The molecule has 1 rings (SSSR count). The molecule has 0 heterocycles. The van der Waals surface area contributed by atoms with Crippen molar-refractivity contribution in [1.29, 1.82) is 0 Å². The van der Waals surface area contributed by atoms with Crippen molar-refractivity contribution in [2.24, 2.45) is 11.7 Å². The highest BCUT2D eigenvalue weighted by molar-refractivity contribution is 5.86. The van der Waals surface area contributed by atoms with Gasteiger partial charge in [-0.1, -0.05) is 12.8 Å². The van der Waals surface area contributed by atoms with Crippen LogP contribution in [0.2, 0.25) is 0 Å². The molecule has 1 fully saturated rings. The van der Waals surface area contributed by atoms with E-state index in [2.05, 4.69) is 10.6 Å². The predicted octanol–water partition coefficient (Wildman–Crippen LogP) is 0.146. The van der Waals surface area contributed by atoms with Crippen LogP contribution >= 0.6 is 0 Å². The largest absolute Gasteiger partial charge is 0.355 e. The third-order valence-corrected chi connectivity index (χ3v) is 3.37. The Labute approximate surface area is 103 Å². The van der Waals surface area contributed by atoms with Crippen molar-refractivity contribution in [3.8, 4) is 0 Å². The molecule has 1 aliphatic rings. The summed E-state index contributed by atoms with van der Waals surface area (Å²) in [5.74, 6) is -0.429. The molecule has 1 saturated carbocycles. The van der Waals surface area contributed by atoms with Crippen LogP contribution in [0.15, 0.2) is 0 Å². The summed E-state index contributed by atoms with van der Waals surface area (Å²) in [6, 6.07) is 0. The van der Waals surface area contributed by atoms with E-state index in [1.807, 2.05) is 13.8 Å². The molecule has 17 heavy (non-hydrogen) atoms. The van der Waals surface area contributed by atoms with Gasteiger partial charge < -0.3 is 16.4 Å². The van der Waals surface area contributed by atoms with Gasteiger partial charge in [0.1, 0.15) is 0 Å². The van der Waals surface area contributed by atoms with Crippen molar-refractivity contribution in [3.63, 3.8) is 0 Å². The third kappa shape index (κ3) is 4.00. The van der Waals surface area contributed by atoms with Crippen molar-refractivity contribution in [2.75, 3.05) is 13.1 Å². The highest BCUT2D eigenvalue weighted by atomic mass is 16.2. The highest BCUT2D eigenvalue weighted by Crippen LogP contribution is 2.31. The minimum Gasteiger partial charge on any atom is -0.355 e. The summed E-state index contributed by atoms with van der Waals surface area (Å²) in [5.41, 5.74) is 5.69. The van der Waals surface area contributed by atoms with Gasteiger partial charge in [0.15, 0.2) is 0 Å². The first-order chi connectivity index (χ1) is 7.97. The molecular formula is C12H23N3O2. The maximum Gasteiger partial charge on any atom is 0.239 e. The number of hydrogen-bond donors (Lipinski definition) is 3. The van der Waals surface area contributed by atoms with Crippen LogP contribution in [0.5, 0.6) is 0 Å². The van der Waals surface area contributed by atoms with Gasteiger partial charge in [-0.15, -0.1) is 0 Å². The van der Waals surface area contributed by atoms with Crippen LogP contribution < -0.4 is 16.4 Å². The standard InChI is InChI=1S/C12H23N3O2/c1-3-14-10(16)8-15-11(17)9-6-4-5-7-12(9,2)13/h9H,3-8,13H2,1-2H3,(H,14,16)(H,15,17). The van der Waals surface area contributed by atoms with E-state index in [1.165, 1.54) is 0 Å². The van der Waals surface area contributed by atoms with Crippen LogP contribution in [0.3, 0.4) is 0 Å². The number of hydrogen-bond acceptors (Lipinski definition) is 3. The van der Waals surface area contributed by atoms with Crippen LogP contribution in [0.4, 0.5) is 0 Å². The van der Waals surface area contributed by atoms with Crippen molar-refractivity contribution < 1.29 is 9.59 Å². The molecule has 5 nitrogen and oxygen atoms in total. The molecule has 2 atom stereocenters. The van der Waals surface area contributed by atoms with E-state index in [4.69, 9.17) is 5.73 Å². The summed E-state index contributed by atoms with van der Waals surface area (Å²) in [5, 5.41) is 5.30. The normalized spacial score (nSPS) is 28.5. The van der Waals surface area contributed by atoms with Gasteiger partial charge >= 0.3 is 0 Å². The van der Waals surface area contributed by atoms with E-state index >= 15 is 0 Å². The molecule has 0 saturated heterocycles. The van der Waals surface area contributed by atoms with Crippen LogP contribution in [0, 0.1) is 5.92 Å². The topological polar surface area (TPSA) is 84.2 Å². The number of amides is 2. The van der Waals surface area contributed by atoms with E-state index in [1.54, 1.807) is 0 Å². The summed E-state index contributed by atoms with van der Waals surface area (Å²) in [6.45, 7) is 4.38. The number of rotatable bonds is 4. The maximum atomic E-state index is 12.0. The lowest BCUT2D eigenvalue weighted by Gasteiger charge is -2.37. The van der Waals surface area contributed by atoms with Gasteiger partial charge in [0.2, 0.25) is 11.8 Å². The molecule has 0 spiro atoms. The summed E-state index contributed by atoms with van der Waals surface area (Å²) >= 11 is 0. The monoisotopic (exact) mass is 241 g/mol. The number of likely N-dealkylation sites (N-methyl/N-ethyl adjacent to an activating group) is 1. The first-order valence-electron chi connectivity index (χ1n) is 6.30. The van der Waals surface area contributed by atoms with Crippen molar-refractivity contribution in [1.82, 2.24) is 10.6 Å². The third-order valence-electron chi connectivity index (χ3n) is 3.37. The molecule has 98 valence electrons. The average Bonchev–Trinajstić information content (AvgIpc) is 2.26. The zero-order valence-corrected chi connectivity index (χ0v) is 10.7. The number of nitrogens with two attached hydrogens (primary N) is 1. The smallest absolute Gasteiger partial charge is 0.239 e. The second kappa shape index (κ2) is 6.00. The molecule has 0 aromatic rings. The molecule has 4 N–H and O–H groups in total. The van der Waals surface area contributed by atoms with Crippen molar-refractivity contribution >= 4 is 11.8 Å². The molecule has 0 radical (unpaired) electrons. The van der Waals surface area contributed by atoms with Gasteiger partial charge in [-0.25, -0.2) is 0 Å². The summed E-state index contributed by atoms with van der Waals surface area (Å²) in [4.78, 5) is 23.2. The van der Waals surface area contributed by atoms with Crippen LogP contribution in [0.25, 0.3) is 0 Å². The van der Waals surface area contributed by atoms with E-state index in [0.29, 0.717) is 6.54 Å². The number of nitrogens with one attached hydrogen (secondary N) is 2. The Morgan fingerprint density at radius 3 is 2.65 bits per heavy atom.